The second kappa shape index (κ2) is 13.9. The SMILES string of the molecule is N#Cc1ccc(Cn2cncc2CN(C(=O)C2CCCCC2)c2ccc3[nH]c(C(=O)N4CCSCC4)c(-c4ccccc4)c3c2)cc1. The summed E-state index contributed by atoms with van der Waals surface area (Å²) in [4.78, 5) is 40.1. The van der Waals surface area contributed by atoms with Crippen molar-refractivity contribution in [2.24, 2.45) is 5.92 Å². The van der Waals surface area contributed by atoms with E-state index in [1.807, 2.05) is 94.5 Å². The number of imidazole rings is 1. The van der Waals surface area contributed by atoms with E-state index in [0.29, 0.717) is 24.3 Å². The van der Waals surface area contributed by atoms with Gasteiger partial charge in [0, 0.05) is 65.4 Å². The smallest absolute Gasteiger partial charge is 0.271 e. The standard InChI is InChI=1S/C38H38N6O2S/c39-22-27-11-13-28(14-12-27)24-43-26-40-23-32(43)25-44(37(45)30-9-5-2-6-10-30)31-15-16-34-33(21-31)35(29-7-3-1-4-8-29)36(41-34)38(46)42-17-19-47-20-18-42/h1,3-4,7-8,11-16,21,23,26,30,41H,2,5-6,9-10,17-20,24-25H2. The number of nitrogens with one attached hydrogen (secondary N) is 1. The lowest BCUT2D eigenvalue weighted by molar-refractivity contribution is -0.123. The van der Waals surface area contributed by atoms with Crippen molar-refractivity contribution < 1.29 is 9.59 Å². The minimum Gasteiger partial charge on any atom is -0.350 e. The molecule has 2 aromatic heterocycles. The fraction of sp³-hybridized carbons (Fsp3) is 0.316. The fourth-order valence-corrected chi connectivity index (χ4v) is 7.77. The molecule has 47 heavy (non-hydrogen) atoms. The van der Waals surface area contributed by atoms with Gasteiger partial charge in [-0.25, -0.2) is 4.98 Å². The first kappa shape index (κ1) is 30.8. The summed E-state index contributed by atoms with van der Waals surface area (Å²) >= 11 is 1.88. The normalized spacial score (nSPS) is 15.4. The Hall–Kier alpha value is -4.81. The third-order valence-corrected chi connectivity index (χ3v) is 10.4. The molecule has 8 nitrogen and oxygen atoms in total. The summed E-state index contributed by atoms with van der Waals surface area (Å²) in [7, 11) is 0. The van der Waals surface area contributed by atoms with E-state index < -0.39 is 0 Å². The maximum Gasteiger partial charge on any atom is 0.271 e. The highest BCUT2D eigenvalue weighted by atomic mass is 32.2. The molecule has 9 heteroatoms. The molecule has 0 bridgehead atoms. The van der Waals surface area contributed by atoms with Crippen LogP contribution in [0.2, 0.25) is 0 Å². The van der Waals surface area contributed by atoms with Crippen molar-refractivity contribution in [1.29, 1.82) is 5.26 Å². The largest absolute Gasteiger partial charge is 0.350 e. The highest BCUT2D eigenvalue weighted by Crippen LogP contribution is 2.37. The van der Waals surface area contributed by atoms with Crippen LogP contribution in [0, 0.1) is 17.2 Å². The minimum atomic E-state index is -0.0247. The molecule has 0 radical (unpaired) electrons. The molecule has 0 atom stereocenters. The number of carbonyl (C=O) groups is 2. The molecule has 238 valence electrons. The quantitative estimate of drug-likeness (QED) is 0.192. The first-order valence-electron chi connectivity index (χ1n) is 16.5. The Morgan fingerprint density at radius 3 is 2.49 bits per heavy atom. The number of rotatable bonds is 8. The van der Waals surface area contributed by atoms with Gasteiger partial charge in [-0.1, -0.05) is 61.7 Å². The van der Waals surface area contributed by atoms with Crippen molar-refractivity contribution in [2.75, 3.05) is 29.5 Å². The van der Waals surface area contributed by atoms with Crippen LogP contribution in [0.4, 0.5) is 5.69 Å². The van der Waals surface area contributed by atoms with Crippen molar-refractivity contribution in [3.8, 4) is 17.2 Å². The number of thioether (sulfide) groups is 1. The number of anilines is 1. The summed E-state index contributed by atoms with van der Waals surface area (Å²) in [6, 6.07) is 25.9. The van der Waals surface area contributed by atoms with Crippen molar-refractivity contribution >= 4 is 40.2 Å². The zero-order valence-electron chi connectivity index (χ0n) is 26.4. The van der Waals surface area contributed by atoms with Gasteiger partial charge in [-0.15, -0.1) is 0 Å². The lowest BCUT2D eigenvalue weighted by Gasteiger charge is -2.30. The molecule has 0 unspecified atom stereocenters. The number of benzene rings is 3. The highest BCUT2D eigenvalue weighted by molar-refractivity contribution is 7.99. The Balaban J connectivity index is 1.28. The Kier molecular flexibility index (Phi) is 9.11. The van der Waals surface area contributed by atoms with Crippen LogP contribution < -0.4 is 4.90 Å². The number of nitriles is 1. The van der Waals surface area contributed by atoms with Crippen LogP contribution in [0.1, 0.15) is 59.4 Å². The first-order chi connectivity index (χ1) is 23.1. The Morgan fingerprint density at radius 2 is 1.74 bits per heavy atom. The highest BCUT2D eigenvalue weighted by Gasteiger charge is 2.30. The van der Waals surface area contributed by atoms with Gasteiger partial charge < -0.3 is 19.4 Å². The Morgan fingerprint density at radius 1 is 0.979 bits per heavy atom. The van der Waals surface area contributed by atoms with E-state index >= 15 is 0 Å². The van der Waals surface area contributed by atoms with Gasteiger partial charge in [-0.2, -0.15) is 17.0 Å². The fourth-order valence-electron chi connectivity index (χ4n) is 6.87. The van der Waals surface area contributed by atoms with Gasteiger partial charge in [0.25, 0.3) is 5.91 Å². The molecule has 1 saturated heterocycles. The van der Waals surface area contributed by atoms with E-state index in [4.69, 9.17) is 0 Å². The van der Waals surface area contributed by atoms with Gasteiger partial charge in [-0.3, -0.25) is 9.59 Å². The molecule has 1 aliphatic heterocycles. The number of amides is 2. The van der Waals surface area contributed by atoms with Gasteiger partial charge in [0.2, 0.25) is 5.91 Å². The van der Waals surface area contributed by atoms with E-state index in [1.54, 1.807) is 6.33 Å². The zero-order valence-corrected chi connectivity index (χ0v) is 27.2. The lowest BCUT2D eigenvalue weighted by Crippen LogP contribution is -2.38. The van der Waals surface area contributed by atoms with Crippen molar-refractivity contribution in [3.05, 3.63) is 108 Å². The third-order valence-electron chi connectivity index (χ3n) is 9.44. The molecule has 3 heterocycles. The number of hydrogen-bond donors (Lipinski definition) is 1. The molecule has 0 spiro atoms. The van der Waals surface area contributed by atoms with Crippen LogP contribution in [0.25, 0.3) is 22.0 Å². The number of hydrogen-bond acceptors (Lipinski definition) is 5. The molecular formula is C38H38N6O2S. The zero-order chi connectivity index (χ0) is 32.2. The molecule has 1 N–H and O–H groups in total. The predicted octanol–water partition coefficient (Wildman–Crippen LogP) is 7.25. The summed E-state index contributed by atoms with van der Waals surface area (Å²) in [6.45, 7) is 2.43. The van der Waals surface area contributed by atoms with Gasteiger partial charge in [0.15, 0.2) is 0 Å². The average molecular weight is 643 g/mol. The van der Waals surface area contributed by atoms with Crippen LogP contribution >= 0.6 is 11.8 Å². The van der Waals surface area contributed by atoms with Gasteiger partial charge in [0.1, 0.15) is 5.69 Å². The number of H-pyrrole nitrogens is 1. The molecule has 7 rings (SSSR count). The average Bonchev–Trinajstić information content (AvgIpc) is 3.75. The van der Waals surface area contributed by atoms with Crippen LogP contribution in [0.3, 0.4) is 0 Å². The van der Waals surface area contributed by atoms with E-state index in [1.165, 1.54) is 6.42 Å². The van der Waals surface area contributed by atoms with Crippen molar-refractivity contribution in [2.45, 2.75) is 45.2 Å². The number of aromatic nitrogens is 3. The minimum absolute atomic E-state index is 0.0174. The Bertz CT molecular complexity index is 1910. The molecule has 2 aliphatic rings. The van der Waals surface area contributed by atoms with Gasteiger partial charge in [0.05, 0.1) is 30.2 Å². The summed E-state index contributed by atoms with van der Waals surface area (Å²) in [5.41, 5.74) is 6.73. The lowest BCUT2D eigenvalue weighted by atomic mass is 9.88. The van der Waals surface area contributed by atoms with Crippen molar-refractivity contribution in [1.82, 2.24) is 19.4 Å². The number of nitrogens with zero attached hydrogens (tertiary/aromatic N) is 5. The van der Waals surface area contributed by atoms with Crippen LogP contribution in [0.5, 0.6) is 0 Å². The molecule has 1 aliphatic carbocycles. The third kappa shape index (κ3) is 6.56. The molecule has 5 aromatic rings. The van der Waals surface area contributed by atoms with E-state index in [-0.39, 0.29) is 17.7 Å². The summed E-state index contributed by atoms with van der Waals surface area (Å²) < 4.78 is 2.07. The first-order valence-corrected chi connectivity index (χ1v) is 17.6. The van der Waals surface area contributed by atoms with E-state index in [2.05, 4.69) is 26.7 Å². The molecule has 1 saturated carbocycles. The van der Waals surface area contributed by atoms with Crippen LogP contribution in [0.15, 0.2) is 85.3 Å². The van der Waals surface area contributed by atoms with Gasteiger partial charge in [-0.05, 0) is 54.3 Å². The topological polar surface area (TPSA) is 98.0 Å². The monoisotopic (exact) mass is 642 g/mol. The maximum atomic E-state index is 14.4. The van der Waals surface area contributed by atoms with Gasteiger partial charge >= 0.3 is 0 Å². The van der Waals surface area contributed by atoms with E-state index in [9.17, 15) is 14.9 Å². The molecular weight excluding hydrogens is 605 g/mol. The number of fused-ring (bicyclic) bond motifs is 1. The Labute approximate surface area is 279 Å². The molecule has 2 amide bonds. The molecule has 3 aromatic carbocycles. The summed E-state index contributed by atoms with van der Waals surface area (Å²) in [5.74, 6) is 2.01. The van der Waals surface area contributed by atoms with Crippen LogP contribution in [-0.2, 0) is 17.9 Å². The predicted molar refractivity (Wildman–Crippen MR) is 187 cm³/mol. The van der Waals surface area contributed by atoms with E-state index in [0.717, 1.165) is 89.3 Å². The maximum absolute atomic E-state index is 14.4. The second-order valence-corrected chi connectivity index (χ2v) is 13.7. The van der Waals surface area contributed by atoms with Crippen molar-refractivity contribution in [3.63, 3.8) is 0 Å². The second-order valence-electron chi connectivity index (χ2n) is 12.5. The summed E-state index contributed by atoms with van der Waals surface area (Å²) in [6.07, 6.45) is 8.73. The molecule has 2 fully saturated rings. The summed E-state index contributed by atoms with van der Waals surface area (Å²) in [5, 5.41) is 10.1. The van der Waals surface area contributed by atoms with Crippen LogP contribution in [-0.4, -0.2) is 55.8 Å². The number of aromatic amines is 1. The number of carbonyl (C=O) groups excluding carboxylic acids is 2.